The van der Waals surface area contributed by atoms with Crippen LogP contribution in [0.3, 0.4) is 0 Å². The third-order valence-electron chi connectivity index (χ3n) is 9.21. The van der Waals surface area contributed by atoms with E-state index in [0.29, 0.717) is 5.82 Å². The van der Waals surface area contributed by atoms with E-state index in [0.717, 1.165) is 83.6 Å². The van der Waals surface area contributed by atoms with Gasteiger partial charge in [-0.05, 0) is 61.9 Å². The van der Waals surface area contributed by atoms with E-state index in [1.54, 1.807) is 0 Å². The Kier molecular flexibility index (Phi) is 7.76. The van der Waals surface area contributed by atoms with Crippen LogP contribution >= 0.6 is 0 Å². The quantitative estimate of drug-likeness (QED) is 0.171. The normalized spacial score (nSPS) is 11.1. The van der Waals surface area contributed by atoms with Gasteiger partial charge in [-0.1, -0.05) is 164 Å². The van der Waals surface area contributed by atoms with E-state index in [4.69, 9.17) is 14.6 Å². The highest BCUT2D eigenvalue weighted by Gasteiger charge is 2.18. The lowest BCUT2D eigenvalue weighted by atomic mass is 9.90. The molecule has 5 nitrogen and oxygen atoms in total. The molecule has 0 atom stereocenters. The van der Waals surface area contributed by atoms with Crippen LogP contribution in [0.1, 0.15) is 0 Å². The van der Waals surface area contributed by atoms with Gasteiger partial charge in [-0.15, -0.1) is 0 Å². The van der Waals surface area contributed by atoms with E-state index in [9.17, 15) is 0 Å². The highest BCUT2D eigenvalue weighted by Crippen LogP contribution is 2.39. The van der Waals surface area contributed by atoms with E-state index >= 15 is 0 Å². The molecule has 9 rings (SSSR count). The standard InChI is InChI=1S/C46H30N4O/c1-4-14-31(15-5-1)39-26-27-41(45-44(39)49-51-50-45)40-25-11-10-24-38(40)36-22-12-20-34(28-36)35-21-13-23-37(29-35)43-30-42(32-16-6-2-7-17-32)47-46(48-43)33-18-8-3-9-19-33/h1-30H. The lowest BCUT2D eigenvalue weighted by Crippen LogP contribution is -1.96. The Labute approximate surface area is 295 Å². The molecule has 0 unspecified atom stereocenters. The van der Waals surface area contributed by atoms with Crippen molar-refractivity contribution in [2.45, 2.75) is 0 Å². The lowest BCUT2D eigenvalue weighted by Gasteiger charge is -2.13. The second-order valence-electron chi connectivity index (χ2n) is 12.4. The topological polar surface area (TPSA) is 64.7 Å². The Morgan fingerprint density at radius 1 is 0.294 bits per heavy atom. The Balaban J connectivity index is 1.11. The zero-order chi connectivity index (χ0) is 34.0. The number of aromatic nitrogens is 4. The van der Waals surface area contributed by atoms with E-state index in [2.05, 4.69) is 138 Å². The fraction of sp³-hybridized carbons (Fsp3) is 0. The van der Waals surface area contributed by atoms with E-state index < -0.39 is 0 Å². The van der Waals surface area contributed by atoms with Crippen molar-refractivity contribution >= 4 is 11.0 Å². The highest BCUT2D eigenvalue weighted by molar-refractivity contribution is 6.02. The molecule has 0 fully saturated rings. The summed E-state index contributed by atoms with van der Waals surface area (Å²) < 4.78 is 5.32. The molecule has 9 aromatic rings. The smallest absolute Gasteiger partial charge is 0.160 e. The summed E-state index contributed by atoms with van der Waals surface area (Å²) in [7, 11) is 0. The van der Waals surface area contributed by atoms with Crippen LogP contribution in [0.25, 0.3) is 89.4 Å². The summed E-state index contributed by atoms with van der Waals surface area (Å²) in [5, 5.41) is 8.69. The van der Waals surface area contributed by atoms with Crippen LogP contribution in [0.15, 0.2) is 187 Å². The van der Waals surface area contributed by atoms with Gasteiger partial charge in [-0.2, -0.15) is 0 Å². The molecule has 0 aliphatic carbocycles. The molecule has 0 radical (unpaired) electrons. The first-order valence-electron chi connectivity index (χ1n) is 16.9. The Morgan fingerprint density at radius 3 is 1.45 bits per heavy atom. The van der Waals surface area contributed by atoms with Gasteiger partial charge in [0, 0.05) is 27.8 Å². The van der Waals surface area contributed by atoms with Crippen LogP contribution in [0.2, 0.25) is 0 Å². The van der Waals surface area contributed by atoms with Gasteiger partial charge < -0.3 is 0 Å². The van der Waals surface area contributed by atoms with Crippen LogP contribution in [0, 0.1) is 0 Å². The van der Waals surface area contributed by atoms with Crippen molar-refractivity contribution in [3.8, 4) is 78.4 Å². The molecule has 0 saturated heterocycles. The van der Waals surface area contributed by atoms with Crippen LogP contribution in [-0.4, -0.2) is 20.3 Å². The maximum Gasteiger partial charge on any atom is 0.160 e. The molecule has 51 heavy (non-hydrogen) atoms. The molecule has 0 saturated carbocycles. The van der Waals surface area contributed by atoms with Gasteiger partial charge in [0.15, 0.2) is 5.82 Å². The van der Waals surface area contributed by atoms with Crippen molar-refractivity contribution in [3.05, 3.63) is 182 Å². The van der Waals surface area contributed by atoms with Gasteiger partial charge in [0.25, 0.3) is 0 Å². The van der Waals surface area contributed by atoms with Crippen LogP contribution in [0.5, 0.6) is 0 Å². The van der Waals surface area contributed by atoms with Crippen LogP contribution < -0.4 is 0 Å². The number of nitrogens with zero attached hydrogens (tertiary/aromatic N) is 4. The minimum absolute atomic E-state index is 0.698. The zero-order valence-corrected chi connectivity index (χ0v) is 27.5. The molecular weight excluding hydrogens is 625 g/mol. The molecule has 7 aromatic carbocycles. The number of benzene rings is 7. The fourth-order valence-electron chi connectivity index (χ4n) is 6.70. The molecule has 0 bridgehead atoms. The van der Waals surface area contributed by atoms with Crippen molar-refractivity contribution in [2.24, 2.45) is 0 Å². The average molecular weight is 655 g/mol. The SMILES string of the molecule is c1ccc(-c2cc(-c3cccc(-c4cccc(-c5ccccc5-c5ccc(-c6ccccc6)c6nonc56)c4)c3)nc(-c3ccccc3)n2)cc1. The van der Waals surface area contributed by atoms with E-state index in [-0.39, 0.29) is 0 Å². The van der Waals surface area contributed by atoms with Crippen molar-refractivity contribution in [1.82, 2.24) is 20.3 Å². The maximum absolute atomic E-state index is 5.32. The summed E-state index contributed by atoms with van der Waals surface area (Å²) in [5.74, 6) is 0.698. The van der Waals surface area contributed by atoms with E-state index in [1.807, 2.05) is 54.6 Å². The van der Waals surface area contributed by atoms with Gasteiger partial charge in [0.2, 0.25) is 0 Å². The molecule has 2 aromatic heterocycles. The summed E-state index contributed by atoms with van der Waals surface area (Å²) >= 11 is 0. The number of hydrogen-bond donors (Lipinski definition) is 0. The van der Waals surface area contributed by atoms with Crippen molar-refractivity contribution < 1.29 is 4.63 Å². The molecule has 0 N–H and O–H groups in total. The number of rotatable bonds is 7. The van der Waals surface area contributed by atoms with Crippen LogP contribution in [0.4, 0.5) is 0 Å². The fourth-order valence-corrected chi connectivity index (χ4v) is 6.70. The molecule has 0 spiro atoms. The molecule has 0 aliphatic heterocycles. The van der Waals surface area contributed by atoms with Crippen molar-refractivity contribution in [1.29, 1.82) is 0 Å². The minimum Gasteiger partial charge on any atom is -0.243 e. The first-order valence-corrected chi connectivity index (χ1v) is 16.9. The maximum atomic E-state index is 5.32. The molecule has 0 amide bonds. The molecule has 240 valence electrons. The van der Waals surface area contributed by atoms with Crippen molar-refractivity contribution in [2.75, 3.05) is 0 Å². The third-order valence-corrected chi connectivity index (χ3v) is 9.21. The van der Waals surface area contributed by atoms with Gasteiger partial charge in [-0.3, -0.25) is 0 Å². The molecule has 5 heteroatoms. The average Bonchev–Trinajstić information content (AvgIpc) is 3.72. The summed E-state index contributed by atoms with van der Waals surface area (Å²) in [6, 6.07) is 62.6. The minimum atomic E-state index is 0.698. The summed E-state index contributed by atoms with van der Waals surface area (Å²) in [6.45, 7) is 0. The van der Waals surface area contributed by atoms with Crippen LogP contribution in [-0.2, 0) is 0 Å². The number of hydrogen-bond acceptors (Lipinski definition) is 5. The summed E-state index contributed by atoms with van der Waals surface area (Å²) in [6.07, 6.45) is 0. The van der Waals surface area contributed by atoms with Gasteiger partial charge in [0.1, 0.15) is 11.0 Å². The second-order valence-corrected chi connectivity index (χ2v) is 12.4. The van der Waals surface area contributed by atoms with Gasteiger partial charge in [-0.25, -0.2) is 14.6 Å². The molecule has 2 heterocycles. The molecular formula is C46H30N4O. The van der Waals surface area contributed by atoms with Gasteiger partial charge in [0.05, 0.1) is 11.4 Å². The third kappa shape index (κ3) is 5.87. The monoisotopic (exact) mass is 654 g/mol. The first kappa shape index (κ1) is 30.1. The highest BCUT2D eigenvalue weighted by atomic mass is 16.6. The predicted octanol–water partition coefficient (Wildman–Crippen LogP) is 11.7. The van der Waals surface area contributed by atoms with E-state index in [1.165, 1.54) is 0 Å². The second kappa shape index (κ2) is 13.1. The predicted molar refractivity (Wildman–Crippen MR) is 205 cm³/mol. The Morgan fingerprint density at radius 2 is 0.765 bits per heavy atom. The summed E-state index contributed by atoms with van der Waals surface area (Å²) in [5.41, 5.74) is 14.8. The van der Waals surface area contributed by atoms with Gasteiger partial charge >= 0.3 is 0 Å². The number of fused-ring (bicyclic) bond motifs is 1. The largest absolute Gasteiger partial charge is 0.243 e. The van der Waals surface area contributed by atoms with Crippen molar-refractivity contribution in [3.63, 3.8) is 0 Å². The zero-order valence-electron chi connectivity index (χ0n) is 27.5. The Hall–Kier alpha value is -6.98. The summed E-state index contributed by atoms with van der Waals surface area (Å²) in [4.78, 5) is 10.0. The first-order chi connectivity index (χ1) is 25.3. The molecule has 0 aliphatic rings. The lowest BCUT2D eigenvalue weighted by molar-refractivity contribution is 0.315. The Bertz CT molecular complexity index is 2580.